The van der Waals surface area contributed by atoms with Gasteiger partial charge in [0.05, 0.1) is 6.20 Å². The maximum absolute atomic E-state index is 12.1. The molecule has 2 aromatic rings. The van der Waals surface area contributed by atoms with Crippen molar-refractivity contribution in [3.05, 3.63) is 24.5 Å². The van der Waals surface area contributed by atoms with E-state index in [1.165, 1.54) is 18.5 Å². The molecule has 0 aromatic carbocycles. The van der Waals surface area contributed by atoms with Crippen LogP contribution in [0, 0.1) is 0 Å². The van der Waals surface area contributed by atoms with Gasteiger partial charge in [0.25, 0.3) is 0 Å². The molecule has 3 aliphatic rings. The number of amides is 3. The summed E-state index contributed by atoms with van der Waals surface area (Å²) >= 11 is 0. The van der Waals surface area contributed by atoms with Crippen LogP contribution >= 0.6 is 0 Å². The minimum absolute atomic E-state index is 0.231. The molecule has 2 bridgehead atoms. The van der Waals surface area contributed by atoms with Crippen LogP contribution in [0.5, 0.6) is 0 Å². The number of imide groups is 1. The summed E-state index contributed by atoms with van der Waals surface area (Å²) in [6.07, 6.45) is 6.46. The van der Waals surface area contributed by atoms with Crippen molar-refractivity contribution in [1.29, 1.82) is 0 Å². The lowest BCUT2D eigenvalue weighted by atomic mass is 10.2. The molecule has 2 N–H and O–H groups in total. The first-order chi connectivity index (χ1) is 12.2. The van der Waals surface area contributed by atoms with Gasteiger partial charge in [-0.3, -0.25) is 19.4 Å². The Morgan fingerprint density at radius 2 is 1.96 bits per heavy atom. The first kappa shape index (κ1) is 14.7. The van der Waals surface area contributed by atoms with Gasteiger partial charge in [0.15, 0.2) is 0 Å². The number of anilines is 2. The fourth-order valence-electron chi connectivity index (χ4n) is 4.14. The summed E-state index contributed by atoms with van der Waals surface area (Å²) in [4.78, 5) is 31.9. The van der Waals surface area contributed by atoms with Crippen molar-refractivity contribution in [3.63, 3.8) is 0 Å². The molecule has 0 aliphatic carbocycles. The number of rotatable bonds is 2. The molecule has 2 unspecified atom stereocenters. The van der Waals surface area contributed by atoms with E-state index in [4.69, 9.17) is 0 Å². The average Bonchev–Trinajstić information content (AvgIpc) is 3.17. The lowest BCUT2D eigenvalue weighted by Gasteiger charge is -2.34. The van der Waals surface area contributed by atoms with Crippen molar-refractivity contribution in [1.82, 2.24) is 20.0 Å². The van der Waals surface area contributed by atoms with E-state index in [1.54, 1.807) is 11.1 Å². The summed E-state index contributed by atoms with van der Waals surface area (Å²) in [6.45, 7) is 2.43. The predicted molar refractivity (Wildman–Crippen MR) is 92.9 cm³/mol. The zero-order valence-corrected chi connectivity index (χ0v) is 13.8. The second-order valence-electron chi connectivity index (χ2n) is 7.03. The number of pyridine rings is 1. The number of piperazine rings is 1. The number of urea groups is 1. The van der Waals surface area contributed by atoms with Gasteiger partial charge in [-0.2, -0.15) is 0 Å². The largest absolute Gasteiger partial charge is 0.368 e. The number of carbonyl (C=O) groups excluding carboxylic acids is 2. The van der Waals surface area contributed by atoms with Crippen LogP contribution in [0.2, 0.25) is 0 Å². The molecule has 0 radical (unpaired) electrons. The van der Waals surface area contributed by atoms with Gasteiger partial charge in [0, 0.05) is 56.1 Å². The molecular formula is C17H20N6O2. The lowest BCUT2D eigenvalue weighted by molar-refractivity contribution is -0.120. The molecule has 0 saturated carbocycles. The van der Waals surface area contributed by atoms with Crippen molar-refractivity contribution < 1.29 is 9.59 Å². The Balaban J connectivity index is 1.44. The maximum atomic E-state index is 12.1. The molecule has 3 saturated heterocycles. The molecule has 130 valence electrons. The first-order valence-electron chi connectivity index (χ1n) is 8.77. The SMILES string of the molecule is O=C1CCN(c2cnc3cc(N4CC5CCC(C4)N5)ccn23)C(=O)N1. The third-order valence-corrected chi connectivity index (χ3v) is 5.39. The Hall–Kier alpha value is -2.61. The molecule has 5 heterocycles. The van der Waals surface area contributed by atoms with E-state index >= 15 is 0 Å². The van der Waals surface area contributed by atoms with Crippen LogP contribution in [0.1, 0.15) is 19.3 Å². The number of imidazole rings is 1. The van der Waals surface area contributed by atoms with E-state index in [-0.39, 0.29) is 11.9 Å². The van der Waals surface area contributed by atoms with Gasteiger partial charge in [-0.1, -0.05) is 0 Å². The molecule has 0 spiro atoms. The van der Waals surface area contributed by atoms with E-state index in [0.717, 1.165) is 18.7 Å². The Morgan fingerprint density at radius 3 is 2.72 bits per heavy atom. The fraction of sp³-hybridized carbons (Fsp3) is 0.471. The number of hydrogen-bond acceptors (Lipinski definition) is 5. The van der Waals surface area contributed by atoms with Crippen LogP contribution in [0.4, 0.5) is 16.3 Å². The van der Waals surface area contributed by atoms with E-state index < -0.39 is 0 Å². The molecule has 3 fully saturated rings. The molecule has 3 aliphatic heterocycles. The van der Waals surface area contributed by atoms with E-state index in [0.29, 0.717) is 30.9 Å². The van der Waals surface area contributed by atoms with E-state index in [2.05, 4.69) is 32.7 Å². The topological polar surface area (TPSA) is 82.0 Å². The molecule has 2 aromatic heterocycles. The van der Waals surface area contributed by atoms with Crippen LogP contribution in [0.15, 0.2) is 24.5 Å². The smallest absolute Gasteiger partial charge is 0.329 e. The number of carbonyl (C=O) groups is 2. The normalized spacial score (nSPS) is 26.4. The summed E-state index contributed by atoms with van der Waals surface area (Å²) in [7, 11) is 0. The molecule has 25 heavy (non-hydrogen) atoms. The lowest BCUT2D eigenvalue weighted by Crippen LogP contribution is -2.51. The summed E-state index contributed by atoms with van der Waals surface area (Å²) < 4.78 is 1.90. The fourth-order valence-corrected chi connectivity index (χ4v) is 4.14. The average molecular weight is 340 g/mol. The molecule has 3 amide bonds. The van der Waals surface area contributed by atoms with Crippen molar-refractivity contribution in [2.24, 2.45) is 0 Å². The van der Waals surface area contributed by atoms with Crippen LogP contribution < -0.4 is 20.4 Å². The van der Waals surface area contributed by atoms with E-state index in [9.17, 15) is 9.59 Å². The highest BCUT2D eigenvalue weighted by Crippen LogP contribution is 2.27. The highest BCUT2D eigenvalue weighted by molar-refractivity contribution is 6.05. The Bertz CT molecular complexity index is 850. The van der Waals surface area contributed by atoms with Crippen molar-refractivity contribution in [2.75, 3.05) is 29.4 Å². The summed E-state index contributed by atoms with van der Waals surface area (Å²) in [5.74, 6) is 0.456. The third kappa shape index (κ3) is 2.44. The minimum Gasteiger partial charge on any atom is -0.368 e. The van der Waals surface area contributed by atoms with Gasteiger partial charge in [0.1, 0.15) is 11.5 Å². The van der Waals surface area contributed by atoms with Gasteiger partial charge in [0.2, 0.25) is 5.91 Å². The molecule has 5 rings (SSSR count). The second kappa shape index (κ2) is 5.45. The monoisotopic (exact) mass is 340 g/mol. The first-order valence-corrected chi connectivity index (χ1v) is 8.77. The second-order valence-corrected chi connectivity index (χ2v) is 7.03. The Labute approximate surface area is 144 Å². The van der Waals surface area contributed by atoms with Crippen LogP contribution in [-0.2, 0) is 4.79 Å². The third-order valence-electron chi connectivity index (χ3n) is 5.39. The van der Waals surface area contributed by atoms with Crippen LogP contribution in [-0.4, -0.2) is 53.0 Å². The van der Waals surface area contributed by atoms with Crippen LogP contribution in [0.25, 0.3) is 5.65 Å². The standard InChI is InChI=1S/C17H20N6O2/c24-15-4-6-23(17(25)20-15)16-8-18-14-7-13(3-5-22(14)16)21-9-11-1-2-12(10-21)19-11/h3,5,7-8,11-12,19H,1-2,4,6,9-10H2,(H,20,24,25). The van der Waals surface area contributed by atoms with Crippen LogP contribution in [0.3, 0.4) is 0 Å². The Morgan fingerprint density at radius 1 is 1.16 bits per heavy atom. The zero-order valence-electron chi connectivity index (χ0n) is 13.8. The molecule has 8 nitrogen and oxygen atoms in total. The highest BCUT2D eigenvalue weighted by Gasteiger charge is 2.32. The Kier molecular flexibility index (Phi) is 3.21. The number of aromatic nitrogens is 2. The number of hydrogen-bond donors (Lipinski definition) is 2. The highest BCUT2D eigenvalue weighted by atomic mass is 16.2. The van der Waals surface area contributed by atoms with Gasteiger partial charge < -0.3 is 10.2 Å². The number of nitrogens with one attached hydrogen (secondary N) is 2. The summed E-state index contributed by atoms with van der Waals surface area (Å²) in [5, 5.41) is 6.00. The zero-order chi connectivity index (χ0) is 17.0. The van der Waals surface area contributed by atoms with Crippen molar-refractivity contribution in [3.8, 4) is 0 Å². The predicted octanol–water partition coefficient (Wildman–Crippen LogP) is 0.721. The van der Waals surface area contributed by atoms with Gasteiger partial charge >= 0.3 is 6.03 Å². The van der Waals surface area contributed by atoms with Gasteiger partial charge in [-0.05, 0) is 18.9 Å². The molecule has 8 heteroatoms. The quantitative estimate of drug-likeness (QED) is 0.842. The van der Waals surface area contributed by atoms with Crippen molar-refractivity contribution in [2.45, 2.75) is 31.3 Å². The van der Waals surface area contributed by atoms with Gasteiger partial charge in [-0.25, -0.2) is 9.78 Å². The molecule has 2 atom stereocenters. The number of fused-ring (bicyclic) bond motifs is 3. The molecular weight excluding hydrogens is 320 g/mol. The summed E-state index contributed by atoms with van der Waals surface area (Å²) in [5.41, 5.74) is 1.98. The maximum Gasteiger partial charge on any atom is 0.329 e. The summed E-state index contributed by atoms with van der Waals surface area (Å²) in [6, 6.07) is 4.93. The minimum atomic E-state index is -0.388. The number of nitrogens with zero attached hydrogens (tertiary/aromatic N) is 4. The van der Waals surface area contributed by atoms with Crippen molar-refractivity contribution >= 4 is 29.1 Å². The van der Waals surface area contributed by atoms with E-state index in [1.807, 2.05) is 10.6 Å². The van der Waals surface area contributed by atoms with Gasteiger partial charge in [-0.15, -0.1) is 0 Å².